The fraction of sp³-hybridized carbons (Fsp3) is 0.714. The predicted molar refractivity (Wildman–Crippen MR) is 73.2 cm³/mol. The van der Waals surface area contributed by atoms with Gasteiger partial charge in [0.05, 0.1) is 19.3 Å². The summed E-state index contributed by atoms with van der Waals surface area (Å²) in [6.45, 7) is 4.80. The van der Waals surface area contributed by atoms with E-state index in [1.54, 1.807) is 0 Å². The van der Waals surface area contributed by atoms with Crippen molar-refractivity contribution in [3.63, 3.8) is 0 Å². The van der Waals surface area contributed by atoms with E-state index in [2.05, 4.69) is 13.8 Å². The molecule has 0 atom stereocenters. The van der Waals surface area contributed by atoms with Crippen LogP contribution in [0.4, 0.5) is 0 Å². The van der Waals surface area contributed by atoms with Gasteiger partial charge >= 0.3 is 11.9 Å². The van der Waals surface area contributed by atoms with Gasteiger partial charge in [-0.05, 0) is 12.8 Å². The summed E-state index contributed by atoms with van der Waals surface area (Å²) in [6.07, 6.45) is 6.71. The van der Waals surface area contributed by atoms with Crippen LogP contribution in [0.15, 0.2) is 11.8 Å². The van der Waals surface area contributed by atoms with Gasteiger partial charge in [-0.3, -0.25) is 0 Å². The Kier molecular flexibility index (Phi) is 10.6. The summed E-state index contributed by atoms with van der Waals surface area (Å²) in [7, 11) is 0. The lowest BCUT2D eigenvalue weighted by Gasteiger charge is -2.04. The number of nitrogens with two attached hydrogens (primary N) is 1. The van der Waals surface area contributed by atoms with Crippen LogP contribution in [0, 0.1) is 0 Å². The smallest absolute Gasteiger partial charge is 0.354 e. The molecule has 2 N–H and O–H groups in total. The second kappa shape index (κ2) is 11.6. The first-order valence-corrected chi connectivity index (χ1v) is 6.92. The summed E-state index contributed by atoms with van der Waals surface area (Å²) in [5.74, 6) is -1.26. The number of ether oxygens (including phenoxy) is 2. The van der Waals surface area contributed by atoms with Crippen LogP contribution in [0.25, 0.3) is 0 Å². The van der Waals surface area contributed by atoms with Gasteiger partial charge in [-0.15, -0.1) is 0 Å². The van der Waals surface area contributed by atoms with E-state index in [0.29, 0.717) is 13.2 Å². The Morgan fingerprint density at radius 3 is 2.00 bits per heavy atom. The molecule has 5 nitrogen and oxygen atoms in total. The molecule has 0 spiro atoms. The highest BCUT2D eigenvalue weighted by atomic mass is 16.5. The van der Waals surface area contributed by atoms with Gasteiger partial charge in [-0.1, -0.05) is 39.5 Å². The molecule has 0 aromatic carbocycles. The molecule has 0 unspecified atom stereocenters. The van der Waals surface area contributed by atoms with E-state index in [1.165, 1.54) is 0 Å². The van der Waals surface area contributed by atoms with Crippen molar-refractivity contribution in [2.24, 2.45) is 5.73 Å². The highest BCUT2D eigenvalue weighted by Crippen LogP contribution is 1.99. The van der Waals surface area contributed by atoms with Crippen molar-refractivity contribution in [2.75, 3.05) is 13.2 Å². The van der Waals surface area contributed by atoms with E-state index >= 15 is 0 Å². The standard InChI is InChI=1S/C14H25NO4/c1-3-5-7-9-18-13(16)11-12(15)14(17)19-10-8-6-4-2/h11H,3-10,15H2,1-2H3/b12-11+. The monoisotopic (exact) mass is 271 g/mol. The highest BCUT2D eigenvalue weighted by molar-refractivity contribution is 5.95. The molecule has 0 bridgehead atoms. The quantitative estimate of drug-likeness (QED) is 0.375. The Morgan fingerprint density at radius 1 is 0.947 bits per heavy atom. The first kappa shape index (κ1) is 17.5. The molecule has 0 rings (SSSR count). The molecule has 19 heavy (non-hydrogen) atoms. The molecular weight excluding hydrogens is 246 g/mol. The average Bonchev–Trinajstić information content (AvgIpc) is 2.39. The van der Waals surface area contributed by atoms with Gasteiger partial charge in [0, 0.05) is 0 Å². The topological polar surface area (TPSA) is 78.6 Å². The normalized spacial score (nSPS) is 11.2. The van der Waals surface area contributed by atoms with Crippen LogP contribution in [0.5, 0.6) is 0 Å². The molecule has 110 valence electrons. The first-order valence-electron chi connectivity index (χ1n) is 6.92. The fourth-order valence-electron chi connectivity index (χ4n) is 1.35. The fourth-order valence-corrected chi connectivity index (χ4v) is 1.35. The molecule has 0 amide bonds. The minimum Gasteiger partial charge on any atom is -0.462 e. The number of carbonyl (C=O) groups excluding carboxylic acids is 2. The zero-order chi connectivity index (χ0) is 14.5. The first-order chi connectivity index (χ1) is 9.11. The largest absolute Gasteiger partial charge is 0.462 e. The number of unbranched alkanes of at least 4 members (excludes halogenated alkanes) is 4. The molecule has 0 fully saturated rings. The lowest BCUT2D eigenvalue weighted by atomic mass is 10.3. The lowest BCUT2D eigenvalue weighted by Crippen LogP contribution is -2.17. The number of hydrogen-bond acceptors (Lipinski definition) is 5. The van der Waals surface area contributed by atoms with Crippen molar-refractivity contribution in [1.82, 2.24) is 0 Å². The SMILES string of the molecule is CCCCCOC(=O)/C=C(/N)C(=O)OCCCCC. The molecular formula is C14H25NO4. The average molecular weight is 271 g/mol. The highest BCUT2D eigenvalue weighted by Gasteiger charge is 2.09. The maximum atomic E-state index is 11.4. The minimum atomic E-state index is -0.665. The van der Waals surface area contributed by atoms with Crippen LogP contribution in [-0.4, -0.2) is 25.2 Å². The molecule has 0 aliphatic heterocycles. The molecule has 0 aromatic heterocycles. The second-order valence-corrected chi connectivity index (χ2v) is 4.32. The van der Waals surface area contributed by atoms with E-state index in [-0.39, 0.29) is 5.70 Å². The summed E-state index contributed by atoms with van der Waals surface area (Å²) in [5.41, 5.74) is 5.24. The Labute approximate surface area is 115 Å². The van der Waals surface area contributed by atoms with Crippen LogP contribution in [0.1, 0.15) is 52.4 Å². The van der Waals surface area contributed by atoms with Gasteiger partial charge in [0.25, 0.3) is 0 Å². The zero-order valence-electron chi connectivity index (χ0n) is 11.9. The summed E-state index contributed by atoms with van der Waals surface area (Å²) in [4.78, 5) is 22.7. The van der Waals surface area contributed by atoms with Gasteiger partial charge < -0.3 is 15.2 Å². The molecule has 0 aliphatic rings. The summed E-state index contributed by atoms with van der Waals surface area (Å²) >= 11 is 0. The second-order valence-electron chi connectivity index (χ2n) is 4.32. The summed E-state index contributed by atoms with van der Waals surface area (Å²) in [5, 5.41) is 0. The number of hydrogen-bond donors (Lipinski definition) is 1. The maximum Gasteiger partial charge on any atom is 0.354 e. The molecule has 0 aliphatic carbocycles. The summed E-state index contributed by atoms with van der Waals surface area (Å²) < 4.78 is 9.81. The number of esters is 2. The van der Waals surface area contributed by atoms with E-state index in [9.17, 15) is 9.59 Å². The molecule has 5 heteroatoms. The minimum absolute atomic E-state index is 0.211. The van der Waals surface area contributed by atoms with Gasteiger partial charge in [0.15, 0.2) is 0 Å². The Morgan fingerprint density at radius 2 is 1.47 bits per heavy atom. The Hall–Kier alpha value is -1.52. The van der Waals surface area contributed by atoms with Gasteiger partial charge in [0.1, 0.15) is 5.70 Å². The van der Waals surface area contributed by atoms with Gasteiger partial charge in [-0.25, -0.2) is 9.59 Å². The third-order valence-corrected chi connectivity index (χ3v) is 2.48. The molecule has 0 saturated heterocycles. The van der Waals surface area contributed by atoms with Crippen LogP contribution >= 0.6 is 0 Å². The van der Waals surface area contributed by atoms with Crippen LogP contribution in [-0.2, 0) is 19.1 Å². The lowest BCUT2D eigenvalue weighted by molar-refractivity contribution is -0.141. The maximum absolute atomic E-state index is 11.4. The van der Waals surface area contributed by atoms with Crippen LogP contribution < -0.4 is 5.73 Å². The number of carbonyl (C=O) groups is 2. The van der Waals surface area contributed by atoms with Gasteiger partial charge in [-0.2, -0.15) is 0 Å². The predicted octanol–water partition coefficient (Wildman–Crippen LogP) is 2.30. The van der Waals surface area contributed by atoms with Gasteiger partial charge in [0.2, 0.25) is 0 Å². The third-order valence-electron chi connectivity index (χ3n) is 2.48. The van der Waals surface area contributed by atoms with Crippen molar-refractivity contribution in [1.29, 1.82) is 0 Å². The van der Waals surface area contributed by atoms with E-state index in [1.807, 2.05) is 0 Å². The van der Waals surface area contributed by atoms with E-state index < -0.39 is 11.9 Å². The van der Waals surface area contributed by atoms with Crippen molar-refractivity contribution in [2.45, 2.75) is 52.4 Å². The summed E-state index contributed by atoms with van der Waals surface area (Å²) in [6, 6.07) is 0. The van der Waals surface area contributed by atoms with Crippen LogP contribution in [0.2, 0.25) is 0 Å². The molecule has 0 radical (unpaired) electrons. The van der Waals surface area contributed by atoms with Crippen molar-refractivity contribution in [3.8, 4) is 0 Å². The zero-order valence-corrected chi connectivity index (χ0v) is 11.9. The molecule has 0 heterocycles. The number of rotatable bonds is 10. The molecule has 0 saturated carbocycles. The Balaban J connectivity index is 3.88. The van der Waals surface area contributed by atoms with Crippen LogP contribution in [0.3, 0.4) is 0 Å². The molecule has 0 aromatic rings. The van der Waals surface area contributed by atoms with Crippen molar-refractivity contribution < 1.29 is 19.1 Å². The van der Waals surface area contributed by atoms with Crippen molar-refractivity contribution >= 4 is 11.9 Å². The third kappa shape index (κ3) is 10.1. The van der Waals surface area contributed by atoms with E-state index in [0.717, 1.165) is 44.6 Å². The Bertz CT molecular complexity index is 300. The van der Waals surface area contributed by atoms with E-state index in [4.69, 9.17) is 15.2 Å². The van der Waals surface area contributed by atoms with Crippen molar-refractivity contribution in [3.05, 3.63) is 11.8 Å².